The van der Waals surface area contributed by atoms with E-state index in [0.717, 1.165) is 0 Å². The number of carbonyl (C=O) groups is 2. The molecule has 0 rings (SSSR count). The monoisotopic (exact) mass is 248 g/mol. The summed E-state index contributed by atoms with van der Waals surface area (Å²) in [6, 6.07) is -0.531. The first-order chi connectivity index (χ1) is 7.74. The molecule has 0 aliphatic carbocycles. The Balaban J connectivity index is 3.95. The van der Waals surface area contributed by atoms with E-state index < -0.39 is 23.8 Å². The van der Waals surface area contributed by atoms with Crippen LogP contribution in [0.4, 0.5) is 9.59 Å². The second-order valence-electron chi connectivity index (χ2n) is 4.55. The fourth-order valence-corrected chi connectivity index (χ4v) is 1.04. The predicted molar refractivity (Wildman–Crippen MR) is 60.9 cm³/mol. The van der Waals surface area contributed by atoms with Crippen LogP contribution in [0, 0.1) is 0 Å². The average molecular weight is 248 g/mol. The predicted octanol–water partition coefficient (Wildman–Crippen LogP) is 0.530. The van der Waals surface area contributed by atoms with Gasteiger partial charge in [-0.3, -0.25) is 0 Å². The maximum absolute atomic E-state index is 11.3. The lowest BCUT2D eigenvalue weighted by Gasteiger charge is -2.22. The van der Waals surface area contributed by atoms with Gasteiger partial charge < -0.3 is 25.6 Å². The van der Waals surface area contributed by atoms with Crippen LogP contribution in [0.15, 0.2) is 0 Å². The van der Waals surface area contributed by atoms with Gasteiger partial charge in [0.15, 0.2) is 0 Å². The molecule has 7 nitrogen and oxygen atoms in total. The van der Waals surface area contributed by atoms with Crippen LogP contribution in [0.2, 0.25) is 0 Å². The molecule has 0 heterocycles. The van der Waals surface area contributed by atoms with E-state index in [9.17, 15) is 9.59 Å². The number of carbonyl (C=O) groups excluding carboxylic acids is 1. The van der Waals surface area contributed by atoms with Crippen molar-refractivity contribution in [3.05, 3.63) is 0 Å². The molecule has 0 aromatic carbocycles. The number of hydrogen-bond acceptors (Lipinski definition) is 4. The van der Waals surface area contributed by atoms with Crippen LogP contribution in [0.1, 0.15) is 27.2 Å². The van der Waals surface area contributed by atoms with Crippen LogP contribution >= 0.6 is 0 Å². The molecule has 4 N–H and O–H groups in total. The molecular weight excluding hydrogens is 228 g/mol. The number of aliphatic hydroxyl groups is 1. The van der Waals surface area contributed by atoms with Crippen molar-refractivity contribution in [3.63, 3.8) is 0 Å². The number of alkyl carbamates (subject to hydrolysis) is 1. The number of rotatable bonds is 5. The summed E-state index contributed by atoms with van der Waals surface area (Å²) in [4.78, 5) is 21.5. The van der Waals surface area contributed by atoms with Crippen LogP contribution in [-0.4, -0.2) is 47.2 Å². The zero-order valence-electron chi connectivity index (χ0n) is 10.3. The Kier molecular flexibility index (Phi) is 6.34. The molecule has 1 atom stereocenters. The first kappa shape index (κ1) is 15.5. The van der Waals surface area contributed by atoms with Crippen molar-refractivity contribution in [3.8, 4) is 0 Å². The zero-order chi connectivity index (χ0) is 13.5. The summed E-state index contributed by atoms with van der Waals surface area (Å²) >= 11 is 0. The highest BCUT2D eigenvalue weighted by Gasteiger charge is 2.18. The topological polar surface area (TPSA) is 108 Å². The molecule has 100 valence electrons. The zero-order valence-corrected chi connectivity index (χ0v) is 10.3. The lowest BCUT2D eigenvalue weighted by Crippen LogP contribution is -2.42. The number of aliphatic hydroxyl groups excluding tert-OH is 1. The third-order valence-electron chi connectivity index (χ3n) is 1.71. The molecule has 17 heavy (non-hydrogen) atoms. The normalized spacial score (nSPS) is 12.7. The summed E-state index contributed by atoms with van der Waals surface area (Å²) in [5.74, 6) is 0. The minimum absolute atomic E-state index is 0.149. The van der Waals surface area contributed by atoms with Gasteiger partial charge in [0.1, 0.15) is 5.60 Å². The molecular formula is C10H20N2O5. The molecule has 7 heteroatoms. The summed E-state index contributed by atoms with van der Waals surface area (Å²) in [6.07, 6.45) is -1.48. The van der Waals surface area contributed by atoms with E-state index in [0.29, 0.717) is 6.42 Å². The molecule has 0 spiro atoms. The van der Waals surface area contributed by atoms with Gasteiger partial charge in [-0.2, -0.15) is 0 Å². The van der Waals surface area contributed by atoms with Gasteiger partial charge in [-0.1, -0.05) is 0 Å². The molecule has 0 aliphatic rings. The highest BCUT2D eigenvalue weighted by Crippen LogP contribution is 2.06. The highest BCUT2D eigenvalue weighted by molar-refractivity contribution is 5.68. The van der Waals surface area contributed by atoms with Crippen LogP contribution in [0.25, 0.3) is 0 Å². The van der Waals surface area contributed by atoms with E-state index in [4.69, 9.17) is 14.9 Å². The summed E-state index contributed by atoms with van der Waals surface area (Å²) in [5, 5.41) is 21.9. The van der Waals surface area contributed by atoms with Crippen molar-refractivity contribution in [2.45, 2.75) is 38.8 Å². The van der Waals surface area contributed by atoms with E-state index in [2.05, 4.69) is 10.6 Å². The number of amides is 2. The number of hydrogen-bond donors (Lipinski definition) is 4. The van der Waals surface area contributed by atoms with Crippen molar-refractivity contribution in [1.82, 2.24) is 10.6 Å². The Morgan fingerprint density at radius 2 is 1.94 bits per heavy atom. The van der Waals surface area contributed by atoms with Crippen LogP contribution in [-0.2, 0) is 4.74 Å². The van der Waals surface area contributed by atoms with Crippen molar-refractivity contribution in [2.75, 3.05) is 13.2 Å². The second-order valence-corrected chi connectivity index (χ2v) is 4.55. The van der Waals surface area contributed by atoms with Crippen molar-refractivity contribution in [1.29, 1.82) is 0 Å². The van der Waals surface area contributed by atoms with Gasteiger partial charge in [-0.05, 0) is 27.2 Å². The molecule has 0 aromatic heterocycles. The van der Waals surface area contributed by atoms with Crippen LogP contribution in [0.5, 0.6) is 0 Å². The fourth-order valence-electron chi connectivity index (χ4n) is 1.04. The van der Waals surface area contributed by atoms with Gasteiger partial charge >= 0.3 is 12.2 Å². The van der Waals surface area contributed by atoms with Gasteiger partial charge in [0.2, 0.25) is 0 Å². The molecule has 0 bridgehead atoms. The number of nitrogens with one attached hydrogen (secondary N) is 2. The van der Waals surface area contributed by atoms with E-state index in [1.807, 2.05) is 0 Å². The first-order valence-corrected chi connectivity index (χ1v) is 5.32. The van der Waals surface area contributed by atoms with Crippen molar-refractivity contribution < 1.29 is 24.5 Å². The Morgan fingerprint density at radius 3 is 2.35 bits per heavy atom. The minimum Gasteiger partial charge on any atom is -0.465 e. The Hall–Kier alpha value is -1.50. The third kappa shape index (κ3) is 9.43. The first-order valence-electron chi connectivity index (χ1n) is 5.32. The molecule has 0 unspecified atom stereocenters. The molecule has 2 amide bonds. The smallest absolute Gasteiger partial charge is 0.407 e. The standard InChI is InChI=1S/C10H20N2O5/c1-10(2,3)17-9(16)12-7(6-13)4-5-11-8(14)15/h7,11,13H,4-6H2,1-3H3,(H,12,16)(H,14,15)/t7-/m0/s1. The molecule has 0 aliphatic heterocycles. The fraction of sp³-hybridized carbons (Fsp3) is 0.800. The summed E-state index contributed by atoms with van der Waals surface area (Å²) in [5.41, 5.74) is -0.608. The summed E-state index contributed by atoms with van der Waals surface area (Å²) in [6.45, 7) is 5.06. The van der Waals surface area contributed by atoms with E-state index in [1.165, 1.54) is 0 Å². The minimum atomic E-state index is -1.14. The molecule has 0 aromatic rings. The van der Waals surface area contributed by atoms with Gasteiger partial charge in [0.25, 0.3) is 0 Å². The Labute approximate surface area is 100 Å². The van der Waals surface area contributed by atoms with Crippen LogP contribution in [0.3, 0.4) is 0 Å². The highest BCUT2D eigenvalue weighted by atomic mass is 16.6. The second kappa shape index (κ2) is 6.95. The van der Waals surface area contributed by atoms with Gasteiger partial charge in [-0.15, -0.1) is 0 Å². The lowest BCUT2D eigenvalue weighted by molar-refractivity contribution is 0.0480. The van der Waals surface area contributed by atoms with E-state index in [-0.39, 0.29) is 13.2 Å². The molecule has 0 radical (unpaired) electrons. The van der Waals surface area contributed by atoms with Gasteiger partial charge in [0.05, 0.1) is 12.6 Å². The lowest BCUT2D eigenvalue weighted by atomic mass is 10.2. The summed E-state index contributed by atoms with van der Waals surface area (Å²) < 4.78 is 5.00. The maximum Gasteiger partial charge on any atom is 0.407 e. The van der Waals surface area contributed by atoms with E-state index in [1.54, 1.807) is 20.8 Å². The van der Waals surface area contributed by atoms with E-state index >= 15 is 0 Å². The molecule has 0 fully saturated rings. The third-order valence-corrected chi connectivity index (χ3v) is 1.71. The molecule has 0 saturated heterocycles. The van der Waals surface area contributed by atoms with Crippen molar-refractivity contribution in [2.24, 2.45) is 0 Å². The number of ether oxygens (including phenoxy) is 1. The Bertz CT molecular complexity index is 262. The maximum atomic E-state index is 11.3. The average Bonchev–Trinajstić information content (AvgIpc) is 2.12. The quantitative estimate of drug-likeness (QED) is 0.567. The van der Waals surface area contributed by atoms with Crippen LogP contribution < -0.4 is 10.6 Å². The van der Waals surface area contributed by atoms with Gasteiger partial charge in [0, 0.05) is 6.54 Å². The van der Waals surface area contributed by atoms with Crippen molar-refractivity contribution >= 4 is 12.2 Å². The number of carboxylic acid groups (broad SMARTS) is 1. The molecule has 0 saturated carbocycles. The van der Waals surface area contributed by atoms with Gasteiger partial charge in [-0.25, -0.2) is 9.59 Å². The SMILES string of the molecule is CC(C)(C)OC(=O)N[C@H](CO)CCNC(=O)O. The Morgan fingerprint density at radius 1 is 1.35 bits per heavy atom. The largest absolute Gasteiger partial charge is 0.465 e. The summed E-state index contributed by atoms with van der Waals surface area (Å²) in [7, 11) is 0.